The van der Waals surface area contributed by atoms with Gasteiger partial charge in [0, 0.05) is 31.3 Å². The molecule has 2 aromatic rings. The Hall–Kier alpha value is -3.22. The summed E-state index contributed by atoms with van der Waals surface area (Å²) in [7, 11) is -4.12. The van der Waals surface area contributed by atoms with Crippen molar-refractivity contribution < 1.29 is 32.6 Å². The molecule has 0 aliphatic carbocycles. The fraction of sp³-hybridized carbons (Fsp3) is 0.375. The summed E-state index contributed by atoms with van der Waals surface area (Å²) in [5, 5.41) is 15.0. The molecule has 2 rings (SSSR count). The van der Waals surface area contributed by atoms with Gasteiger partial charge in [0.05, 0.1) is 10.2 Å². The van der Waals surface area contributed by atoms with Crippen LogP contribution in [0.3, 0.4) is 0 Å². The third-order valence-corrected chi connectivity index (χ3v) is 6.84. The van der Waals surface area contributed by atoms with Gasteiger partial charge in [0.1, 0.15) is 5.75 Å². The number of amides is 1. The third-order valence-electron chi connectivity index (χ3n) is 3.65. The van der Waals surface area contributed by atoms with E-state index in [4.69, 9.17) is 10.6 Å². The van der Waals surface area contributed by atoms with Gasteiger partial charge in [-0.15, -0.1) is 11.3 Å². The lowest BCUT2D eigenvalue weighted by molar-refractivity contribution is -0.160. The number of rotatable bonds is 10. The van der Waals surface area contributed by atoms with E-state index < -0.39 is 33.6 Å². The van der Waals surface area contributed by atoms with Crippen LogP contribution in [0.4, 0.5) is 0 Å². The third kappa shape index (κ3) is 6.40. The van der Waals surface area contributed by atoms with Crippen LogP contribution in [-0.2, 0) is 35.5 Å². The van der Waals surface area contributed by atoms with Gasteiger partial charge in [-0.05, 0) is 23.2 Å². The largest absolute Gasteiger partial charge is 0.478 e. The van der Waals surface area contributed by atoms with E-state index in [0.717, 1.165) is 18.3 Å². The van der Waals surface area contributed by atoms with Crippen LogP contribution in [0.2, 0.25) is 0 Å². The first-order valence-electron chi connectivity index (χ1n) is 8.42. The van der Waals surface area contributed by atoms with Crippen LogP contribution in [-0.4, -0.2) is 54.8 Å². The molecule has 1 atom stereocenters. The monoisotopic (exact) mass is 455 g/mol. The molecule has 1 aromatic heterocycles. The normalized spacial score (nSPS) is 12.0. The number of carboxylic acids is 1. The number of carbonyl (C=O) groups excluding carboxylic acids is 2. The van der Waals surface area contributed by atoms with Crippen molar-refractivity contribution in [3.8, 4) is 0 Å². The quantitative estimate of drug-likeness (QED) is 0.232. The molecular formula is C16H17N5O7S2. The Bertz CT molecular complexity index is 1120. The fourth-order valence-corrected chi connectivity index (χ4v) is 5.03. The van der Waals surface area contributed by atoms with E-state index in [0.29, 0.717) is 15.8 Å². The van der Waals surface area contributed by atoms with Crippen molar-refractivity contribution in [2.45, 2.75) is 30.3 Å². The highest BCUT2D eigenvalue weighted by Crippen LogP contribution is 2.27. The van der Waals surface area contributed by atoms with Gasteiger partial charge < -0.3 is 15.2 Å². The highest BCUT2D eigenvalue weighted by atomic mass is 32.2. The molecule has 1 aromatic carbocycles. The minimum Gasteiger partial charge on any atom is -0.478 e. The molecule has 1 unspecified atom stereocenters. The van der Waals surface area contributed by atoms with E-state index in [1.165, 1.54) is 0 Å². The second-order valence-corrected chi connectivity index (χ2v) is 9.22. The molecule has 160 valence electrons. The van der Waals surface area contributed by atoms with Gasteiger partial charge in [0.25, 0.3) is 0 Å². The lowest BCUT2D eigenvalue weighted by Gasteiger charge is -2.11. The zero-order chi connectivity index (χ0) is 22.3. The lowest BCUT2D eigenvalue weighted by Crippen LogP contribution is -2.33. The summed E-state index contributed by atoms with van der Waals surface area (Å²) in [4.78, 5) is 40.4. The molecule has 0 saturated heterocycles. The molecular weight excluding hydrogens is 438 g/mol. The number of aromatic nitrogens is 1. The summed E-state index contributed by atoms with van der Waals surface area (Å²) in [6.45, 7) is 1.21. The van der Waals surface area contributed by atoms with Gasteiger partial charge in [0.15, 0.2) is 0 Å². The van der Waals surface area contributed by atoms with E-state index in [1.807, 2.05) is 0 Å². The fourth-order valence-electron chi connectivity index (χ4n) is 2.30. The molecule has 0 bridgehead atoms. The van der Waals surface area contributed by atoms with Crippen LogP contribution in [0.1, 0.15) is 18.9 Å². The molecule has 0 fully saturated rings. The summed E-state index contributed by atoms with van der Waals surface area (Å²) in [5.41, 5.74) is 9.26. The van der Waals surface area contributed by atoms with E-state index in [-0.39, 0.29) is 29.8 Å². The summed E-state index contributed by atoms with van der Waals surface area (Å²) in [5.74, 6) is -3.72. The molecule has 2 N–H and O–H groups in total. The number of nitrogens with zero attached hydrogens (tertiary/aromatic N) is 4. The van der Waals surface area contributed by atoms with Gasteiger partial charge >= 0.3 is 11.9 Å². The van der Waals surface area contributed by atoms with Crippen molar-refractivity contribution in [2.75, 3.05) is 12.3 Å². The predicted octanol–water partition coefficient (Wildman–Crippen LogP) is 1.40. The number of thiazole rings is 1. The molecule has 1 heterocycles. The molecule has 0 aliphatic rings. The van der Waals surface area contributed by atoms with Crippen molar-refractivity contribution in [2.24, 2.45) is 5.11 Å². The van der Waals surface area contributed by atoms with Crippen molar-refractivity contribution in [1.29, 1.82) is 0 Å². The van der Waals surface area contributed by atoms with E-state index >= 15 is 0 Å². The van der Waals surface area contributed by atoms with Crippen LogP contribution in [0.15, 0.2) is 27.7 Å². The highest BCUT2D eigenvalue weighted by Gasteiger charge is 2.31. The van der Waals surface area contributed by atoms with Gasteiger partial charge in [0.2, 0.25) is 26.2 Å². The number of carbonyl (C=O) groups is 3. The topological polar surface area (TPSA) is 188 Å². The average molecular weight is 455 g/mol. The summed E-state index contributed by atoms with van der Waals surface area (Å²) in [6.07, 6.45) is -1.79. The second kappa shape index (κ2) is 10.0. The Labute approximate surface area is 174 Å². The molecule has 0 aliphatic heterocycles. The SMILES string of the molecule is CC(=O)OC(CS(=O)(=O)c1nc2ccc(CNC(=O)CCN=[N+]=[N-])cc2s1)C(=O)O. The Morgan fingerprint density at radius 1 is 1.40 bits per heavy atom. The van der Waals surface area contributed by atoms with Crippen molar-refractivity contribution >= 4 is 49.2 Å². The minimum absolute atomic E-state index is 0.0438. The Balaban J connectivity index is 2.14. The Kier molecular flexibility index (Phi) is 7.69. The molecule has 14 heteroatoms. The van der Waals surface area contributed by atoms with Crippen LogP contribution >= 0.6 is 11.3 Å². The Morgan fingerprint density at radius 2 is 2.13 bits per heavy atom. The Morgan fingerprint density at radius 3 is 2.77 bits per heavy atom. The first-order chi connectivity index (χ1) is 14.1. The van der Waals surface area contributed by atoms with Crippen molar-refractivity contribution in [1.82, 2.24) is 10.3 Å². The molecule has 0 spiro atoms. The number of benzene rings is 1. The van der Waals surface area contributed by atoms with E-state index in [2.05, 4.69) is 25.1 Å². The summed E-state index contributed by atoms with van der Waals surface area (Å²) < 4.78 is 29.8. The van der Waals surface area contributed by atoms with Crippen LogP contribution in [0.5, 0.6) is 0 Å². The number of fused-ring (bicyclic) bond motifs is 1. The number of sulfone groups is 1. The maximum atomic E-state index is 12.5. The number of carboxylic acid groups (broad SMARTS) is 1. The van der Waals surface area contributed by atoms with E-state index in [1.54, 1.807) is 18.2 Å². The van der Waals surface area contributed by atoms with Crippen LogP contribution < -0.4 is 5.32 Å². The van der Waals surface area contributed by atoms with Crippen molar-refractivity contribution in [3.63, 3.8) is 0 Å². The minimum atomic E-state index is -4.12. The summed E-state index contributed by atoms with van der Waals surface area (Å²) in [6, 6.07) is 4.89. The second-order valence-electron chi connectivity index (χ2n) is 5.98. The molecule has 0 radical (unpaired) electrons. The van der Waals surface area contributed by atoms with E-state index in [9.17, 15) is 22.8 Å². The first-order valence-corrected chi connectivity index (χ1v) is 10.9. The molecule has 30 heavy (non-hydrogen) atoms. The number of aliphatic carboxylic acids is 1. The smallest absolute Gasteiger partial charge is 0.346 e. The highest BCUT2D eigenvalue weighted by molar-refractivity contribution is 7.93. The van der Waals surface area contributed by atoms with Gasteiger partial charge in [-0.2, -0.15) is 0 Å². The van der Waals surface area contributed by atoms with Crippen molar-refractivity contribution in [3.05, 3.63) is 34.2 Å². The number of hydrogen-bond donors (Lipinski definition) is 2. The number of nitrogens with one attached hydrogen (secondary N) is 1. The lowest BCUT2D eigenvalue weighted by atomic mass is 10.2. The first kappa shape index (κ1) is 23.1. The number of ether oxygens (including phenoxy) is 1. The zero-order valence-electron chi connectivity index (χ0n) is 15.6. The molecule has 0 saturated carbocycles. The van der Waals surface area contributed by atoms with Gasteiger partial charge in [-0.3, -0.25) is 9.59 Å². The van der Waals surface area contributed by atoms with Crippen LogP contribution in [0, 0.1) is 0 Å². The van der Waals surface area contributed by atoms with Gasteiger partial charge in [-0.25, -0.2) is 18.2 Å². The average Bonchev–Trinajstić information content (AvgIpc) is 3.10. The summed E-state index contributed by atoms with van der Waals surface area (Å²) >= 11 is 0.842. The number of hydrogen-bond acceptors (Lipinski definition) is 9. The maximum Gasteiger partial charge on any atom is 0.346 e. The van der Waals surface area contributed by atoms with Gasteiger partial charge in [-0.1, -0.05) is 11.2 Å². The zero-order valence-corrected chi connectivity index (χ0v) is 17.3. The molecule has 1 amide bonds. The predicted molar refractivity (Wildman–Crippen MR) is 105 cm³/mol. The standard InChI is InChI=1S/C16H17N5O7S2/c1-9(22)28-12(15(24)25)8-30(26,27)16-20-11-3-2-10(6-13(11)29-16)7-18-14(23)4-5-19-21-17/h2-3,6,12H,4-5,7-8H2,1H3,(H,18,23)(H,24,25). The number of azide groups is 1. The maximum absolute atomic E-state index is 12.5. The number of esters is 1. The molecule has 12 nitrogen and oxygen atoms in total. The van der Waals surface area contributed by atoms with Crippen LogP contribution in [0.25, 0.3) is 20.7 Å².